The summed E-state index contributed by atoms with van der Waals surface area (Å²) >= 11 is 0. The minimum absolute atomic E-state index is 0.330. The molecule has 0 spiro atoms. The third kappa shape index (κ3) is 1.82. The summed E-state index contributed by atoms with van der Waals surface area (Å²) in [5.41, 5.74) is 1.09. The SMILES string of the molecule is FCC[n+]1ccn(-c2ccccc2)c1. The maximum atomic E-state index is 12.1. The predicted molar refractivity (Wildman–Crippen MR) is 51.9 cm³/mol. The topological polar surface area (TPSA) is 8.81 Å². The van der Waals surface area contributed by atoms with Crippen molar-refractivity contribution in [2.45, 2.75) is 6.54 Å². The van der Waals surface area contributed by atoms with Gasteiger partial charge >= 0.3 is 0 Å². The third-order valence-electron chi connectivity index (χ3n) is 2.09. The number of nitrogens with zero attached hydrogens (tertiary/aromatic N) is 2. The van der Waals surface area contributed by atoms with Crippen molar-refractivity contribution in [3.05, 3.63) is 49.1 Å². The number of hydrogen-bond acceptors (Lipinski definition) is 0. The molecule has 2 nitrogen and oxygen atoms in total. The lowest BCUT2D eigenvalue weighted by molar-refractivity contribution is -0.696. The second-order valence-electron chi connectivity index (χ2n) is 3.08. The van der Waals surface area contributed by atoms with Crippen molar-refractivity contribution in [1.82, 2.24) is 4.57 Å². The average Bonchev–Trinajstić information content (AvgIpc) is 2.68. The van der Waals surface area contributed by atoms with Crippen molar-refractivity contribution >= 4 is 0 Å². The molecule has 14 heavy (non-hydrogen) atoms. The minimum Gasteiger partial charge on any atom is -0.247 e. The third-order valence-corrected chi connectivity index (χ3v) is 2.09. The summed E-state index contributed by atoms with van der Waals surface area (Å²) in [6.45, 7) is 0.0866. The van der Waals surface area contributed by atoms with Gasteiger partial charge in [0.25, 0.3) is 0 Å². The number of aryl methyl sites for hydroxylation is 1. The second kappa shape index (κ2) is 4.05. The summed E-state index contributed by atoms with van der Waals surface area (Å²) in [7, 11) is 0. The Morgan fingerprint density at radius 3 is 2.71 bits per heavy atom. The molecule has 72 valence electrons. The van der Waals surface area contributed by atoms with Crippen LogP contribution in [0.1, 0.15) is 0 Å². The van der Waals surface area contributed by atoms with Crippen molar-refractivity contribution in [2.75, 3.05) is 6.67 Å². The van der Waals surface area contributed by atoms with Crippen LogP contribution in [0.3, 0.4) is 0 Å². The molecule has 0 amide bonds. The van der Waals surface area contributed by atoms with Gasteiger partial charge in [0.05, 0.1) is 0 Å². The Kier molecular flexibility index (Phi) is 2.58. The fraction of sp³-hybridized carbons (Fsp3) is 0.182. The molecule has 1 heterocycles. The molecule has 0 atom stereocenters. The Hall–Kier alpha value is -1.64. The van der Waals surface area contributed by atoms with Crippen molar-refractivity contribution in [3.63, 3.8) is 0 Å². The molecule has 0 aliphatic heterocycles. The average molecular weight is 191 g/mol. The van der Waals surface area contributed by atoms with E-state index in [0.29, 0.717) is 6.54 Å². The molecule has 0 bridgehead atoms. The monoisotopic (exact) mass is 191 g/mol. The Balaban J connectivity index is 2.25. The summed E-state index contributed by atoms with van der Waals surface area (Å²) in [6, 6.07) is 9.96. The lowest BCUT2D eigenvalue weighted by atomic mass is 10.3. The van der Waals surface area contributed by atoms with Gasteiger partial charge in [-0.3, -0.25) is 0 Å². The highest BCUT2D eigenvalue weighted by molar-refractivity contribution is 5.30. The Morgan fingerprint density at radius 1 is 1.21 bits per heavy atom. The molecule has 0 N–H and O–H groups in total. The van der Waals surface area contributed by atoms with Crippen molar-refractivity contribution in [3.8, 4) is 5.69 Å². The van der Waals surface area contributed by atoms with E-state index in [-0.39, 0.29) is 6.67 Å². The molecule has 2 aromatic rings. The molecule has 0 aliphatic carbocycles. The fourth-order valence-corrected chi connectivity index (χ4v) is 1.38. The molecule has 1 aromatic heterocycles. The van der Waals surface area contributed by atoms with E-state index >= 15 is 0 Å². The normalized spacial score (nSPS) is 10.4. The minimum atomic E-state index is -0.330. The van der Waals surface area contributed by atoms with E-state index < -0.39 is 0 Å². The molecule has 0 aliphatic rings. The largest absolute Gasteiger partial charge is 0.249 e. The van der Waals surface area contributed by atoms with Crippen LogP contribution in [0.5, 0.6) is 0 Å². The summed E-state index contributed by atoms with van der Waals surface area (Å²) < 4.78 is 15.9. The number of benzene rings is 1. The lowest BCUT2D eigenvalue weighted by Crippen LogP contribution is -2.31. The molecule has 0 radical (unpaired) electrons. The molecule has 1 aromatic carbocycles. The lowest BCUT2D eigenvalue weighted by Gasteiger charge is -1.93. The molecule has 0 fully saturated rings. The highest BCUT2D eigenvalue weighted by atomic mass is 19.1. The van der Waals surface area contributed by atoms with Gasteiger partial charge in [0.2, 0.25) is 6.33 Å². The van der Waals surface area contributed by atoms with E-state index in [1.165, 1.54) is 0 Å². The quantitative estimate of drug-likeness (QED) is 0.653. The summed E-state index contributed by atoms with van der Waals surface area (Å²) in [5.74, 6) is 0. The van der Waals surface area contributed by atoms with Gasteiger partial charge in [-0.2, -0.15) is 0 Å². The highest BCUT2D eigenvalue weighted by Crippen LogP contribution is 2.04. The summed E-state index contributed by atoms with van der Waals surface area (Å²) in [4.78, 5) is 0. The van der Waals surface area contributed by atoms with Gasteiger partial charge in [0.15, 0.2) is 0 Å². The van der Waals surface area contributed by atoms with Crippen molar-refractivity contribution in [2.24, 2.45) is 0 Å². The fourth-order valence-electron chi connectivity index (χ4n) is 1.38. The first-order valence-electron chi connectivity index (χ1n) is 4.58. The Labute approximate surface area is 82.2 Å². The van der Waals surface area contributed by atoms with Crippen molar-refractivity contribution in [1.29, 1.82) is 0 Å². The zero-order chi connectivity index (χ0) is 9.80. The van der Waals surface area contributed by atoms with E-state index in [4.69, 9.17) is 0 Å². The summed E-state index contributed by atoms with van der Waals surface area (Å²) in [5, 5.41) is 0. The number of para-hydroxylation sites is 1. The van der Waals surface area contributed by atoms with E-state index in [1.54, 1.807) is 0 Å². The molecule has 0 saturated carbocycles. The zero-order valence-corrected chi connectivity index (χ0v) is 7.81. The molecule has 0 saturated heterocycles. The Morgan fingerprint density at radius 2 is 2.00 bits per heavy atom. The van der Waals surface area contributed by atoms with Crippen LogP contribution in [0.25, 0.3) is 5.69 Å². The highest BCUT2D eigenvalue weighted by Gasteiger charge is 2.04. The number of imidazole rings is 1. The first kappa shape index (κ1) is 8.94. The number of halogens is 1. The van der Waals surface area contributed by atoms with Crippen LogP contribution in [0.2, 0.25) is 0 Å². The van der Waals surface area contributed by atoms with Gasteiger partial charge in [-0.05, 0) is 12.1 Å². The molecule has 2 rings (SSSR count). The Bertz CT molecular complexity index is 395. The number of aromatic nitrogens is 2. The number of alkyl halides is 1. The van der Waals surface area contributed by atoms with Crippen LogP contribution in [-0.4, -0.2) is 11.2 Å². The number of hydrogen-bond donors (Lipinski definition) is 0. The molecule has 3 heteroatoms. The van der Waals surface area contributed by atoms with Crippen LogP contribution < -0.4 is 4.57 Å². The van der Waals surface area contributed by atoms with E-state index in [2.05, 4.69) is 0 Å². The van der Waals surface area contributed by atoms with Gasteiger partial charge in [-0.1, -0.05) is 18.2 Å². The van der Waals surface area contributed by atoms with E-state index in [0.717, 1.165) is 5.69 Å². The summed E-state index contributed by atoms with van der Waals surface area (Å²) in [6.07, 6.45) is 5.67. The van der Waals surface area contributed by atoms with E-state index in [9.17, 15) is 4.39 Å². The number of rotatable bonds is 3. The molecule has 0 unspecified atom stereocenters. The van der Waals surface area contributed by atoms with E-state index in [1.807, 2.05) is 58.2 Å². The van der Waals surface area contributed by atoms with Gasteiger partial charge in [0.1, 0.15) is 31.3 Å². The first-order valence-corrected chi connectivity index (χ1v) is 4.58. The van der Waals surface area contributed by atoms with Gasteiger partial charge in [-0.25, -0.2) is 13.5 Å². The first-order chi connectivity index (χ1) is 6.90. The molecular formula is C11H12FN2+. The van der Waals surface area contributed by atoms with Crippen LogP contribution in [-0.2, 0) is 6.54 Å². The van der Waals surface area contributed by atoms with Gasteiger partial charge in [0, 0.05) is 0 Å². The maximum absolute atomic E-state index is 12.1. The van der Waals surface area contributed by atoms with Gasteiger partial charge in [-0.15, -0.1) is 0 Å². The van der Waals surface area contributed by atoms with Crippen LogP contribution in [0.4, 0.5) is 4.39 Å². The van der Waals surface area contributed by atoms with Crippen LogP contribution >= 0.6 is 0 Å². The van der Waals surface area contributed by atoms with Crippen LogP contribution in [0.15, 0.2) is 49.1 Å². The predicted octanol–water partition coefficient (Wildman–Crippen LogP) is 1.73. The molecular weight excluding hydrogens is 179 g/mol. The second-order valence-corrected chi connectivity index (χ2v) is 3.08. The smallest absolute Gasteiger partial charge is 0.247 e. The maximum Gasteiger partial charge on any atom is 0.249 e. The van der Waals surface area contributed by atoms with Gasteiger partial charge < -0.3 is 0 Å². The van der Waals surface area contributed by atoms with Crippen LogP contribution in [0, 0.1) is 0 Å². The zero-order valence-electron chi connectivity index (χ0n) is 7.81. The van der Waals surface area contributed by atoms with Crippen molar-refractivity contribution < 1.29 is 8.96 Å². The standard InChI is InChI=1S/C11H12FN2/c12-6-7-13-8-9-14(10-13)11-4-2-1-3-5-11/h1-5,8-10H,6-7H2/q+1.